The Labute approximate surface area is 99.7 Å². The van der Waals surface area contributed by atoms with E-state index in [1.807, 2.05) is 0 Å². The fourth-order valence-corrected chi connectivity index (χ4v) is 1.27. The van der Waals surface area contributed by atoms with Gasteiger partial charge in [0.05, 0.1) is 11.0 Å². The van der Waals surface area contributed by atoms with E-state index < -0.39 is 15.7 Å². The van der Waals surface area contributed by atoms with Crippen LogP contribution in [0.3, 0.4) is 0 Å². The van der Waals surface area contributed by atoms with Gasteiger partial charge in [0.25, 0.3) is 5.95 Å². The van der Waals surface area contributed by atoms with Crippen LogP contribution in [0.2, 0.25) is 0 Å². The maximum atomic E-state index is 10.7. The van der Waals surface area contributed by atoms with Crippen LogP contribution in [0.25, 0.3) is 0 Å². The molecule has 8 nitrogen and oxygen atoms in total. The average Bonchev–Trinajstić information content (AvgIpc) is 2.78. The molecular formula is C10H6N2O6. The molecule has 0 bridgehead atoms. The van der Waals surface area contributed by atoms with Gasteiger partial charge in [-0.1, -0.05) is 12.1 Å². The van der Waals surface area contributed by atoms with Gasteiger partial charge in [-0.05, 0) is 6.07 Å². The normalized spacial score (nSPS) is 10.0. The largest absolute Gasteiger partial charge is 0.436 e. The number of rotatable bonds is 4. The van der Waals surface area contributed by atoms with E-state index in [1.54, 1.807) is 6.07 Å². The summed E-state index contributed by atoms with van der Waals surface area (Å²) < 4.78 is 9.83. The van der Waals surface area contributed by atoms with E-state index in [9.17, 15) is 20.2 Å². The summed E-state index contributed by atoms with van der Waals surface area (Å²) in [6.45, 7) is 0. The summed E-state index contributed by atoms with van der Waals surface area (Å²) in [5, 5.41) is 21.1. The number of nitro groups is 2. The molecule has 92 valence electrons. The van der Waals surface area contributed by atoms with E-state index in [1.165, 1.54) is 24.3 Å². The van der Waals surface area contributed by atoms with Crippen molar-refractivity contribution in [1.29, 1.82) is 0 Å². The lowest BCUT2D eigenvalue weighted by Crippen LogP contribution is -1.92. The van der Waals surface area contributed by atoms with Crippen LogP contribution in [-0.2, 0) is 0 Å². The zero-order valence-electron chi connectivity index (χ0n) is 8.81. The van der Waals surface area contributed by atoms with Crippen molar-refractivity contribution in [3.05, 3.63) is 56.6 Å². The van der Waals surface area contributed by atoms with Gasteiger partial charge in [0.2, 0.25) is 5.75 Å². The lowest BCUT2D eigenvalue weighted by molar-refractivity contribution is -0.402. The molecule has 0 spiro atoms. The zero-order valence-corrected chi connectivity index (χ0v) is 8.81. The number of furan rings is 1. The van der Waals surface area contributed by atoms with Gasteiger partial charge in [0.1, 0.15) is 4.92 Å². The second-order valence-electron chi connectivity index (χ2n) is 3.18. The molecule has 0 atom stereocenters. The fraction of sp³-hybridized carbons (Fsp3) is 0. The maximum Gasteiger partial charge on any atom is 0.436 e. The highest BCUT2D eigenvalue weighted by molar-refractivity contribution is 5.47. The molecule has 0 aliphatic rings. The van der Waals surface area contributed by atoms with Gasteiger partial charge in [-0.3, -0.25) is 20.2 Å². The second kappa shape index (κ2) is 4.53. The van der Waals surface area contributed by atoms with Gasteiger partial charge in [0.15, 0.2) is 0 Å². The van der Waals surface area contributed by atoms with Crippen molar-refractivity contribution >= 4 is 11.6 Å². The van der Waals surface area contributed by atoms with Crippen molar-refractivity contribution in [2.24, 2.45) is 0 Å². The Morgan fingerprint density at radius 2 is 1.72 bits per heavy atom. The van der Waals surface area contributed by atoms with E-state index in [-0.39, 0.29) is 17.4 Å². The van der Waals surface area contributed by atoms with Crippen molar-refractivity contribution < 1.29 is 19.0 Å². The third-order valence-corrected chi connectivity index (χ3v) is 2.02. The average molecular weight is 250 g/mol. The standard InChI is InChI=1S/C10H6N2O6/c13-11(14)7-3-1-2-4-8(7)17-10-6-5-9(18-10)12(15)16/h1-6H. The van der Waals surface area contributed by atoms with E-state index in [0.717, 1.165) is 6.07 Å². The Kier molecular flexibility index (Phi) is 2.92. The number of benzene rings is 1. The monoisotopic (exact) mass is 250 g/mol. The molecule has 0 saturated heterocycles. The predicted molar refractivity (Wildman–Crippen MR) is 58.5 cm³/mol. The first-order chi connectivity index (χ1) is 8.58. The molecule has 0 fully saturated rings. The topological polar surface area (TPSA) is 109 Å². The van der Waals surface area contributed by atoms with Crippen molar-refractivity contribution in [3.63, 3.8) is 0 Å². The number of hydrogen-bond acceptors (Lipinski definition) is 6. The van der Waals surface area contributed by atoms with Crippen LogP contribution in [0.5, 0.6) is 11.7 Å². The molecule has 0 unspecified atom stereocenters. The third kappa shape index (κ3) is 2.26. The van der Waals surface area contributed by atoms with Gasteiger partial charge >= 0.3 is 11.6 Å². The summed E-state index contributed by atoms with van der Waals surface area (Å²) in [5.41, 5.74) is -0.253. The smallest absolute Gasteiger partial charge is 0.418 e. The zero-order chi connectivity index (χ0) is 13.1. The minimum atomic E-state index is -0.730. The highest BCUT2D eigenvalue weighted by Gasteiger charge is 2.18. The van der Waals surface area contributed by atoms with Crippen LogP contribution in [-0.4, -0.2) is 9.85 Å². The number of nitrogens with zero attached hydrogens (tertiary/aromatic N) is 2. The molecule has 0 aliphatic heterocycles. The third-order valence-electron chi connectivity index (χ3n) is 2.02. The summed E-state index contributed by atoms with van der Waals surface area (Å²) in [5.74, 6) is -0.730. The van der Waals surface area contributed by atoms with Crippen molar-refractivity contribution in [2.75, 3.05) is 0 Å². The first kappa shape index (κ1) is 11.6. The lowest BCUT2D eigenvalue weighted by Gasteiger charge is -2.01. The van der Waals surface area contributed by atoms with Crippen molar-refractivity contribution in [2.45, 2.75) is 0 Å². The molecule has 1 aromatic heterocycles. The highest BCUT2D eigenvalue weighted by atomic mass is 16.7. The van der Waals surface area contributed by atoms with Gasteiger partial charge in [0, 0.05) is 12.1 Å². The molecule has 0 saturated carbocycles. The van der Waals surface area contributed by atoms with Gasteiger partial charge in [-0.2, -0.15) is 0 Å². The molecule has 8 heteroatoms. The Morgan fingerprint density at radius 1 is 1.00 bits per heavy atom. The van der Waals surface area contributed by atoms with Crippen LogP contribution in [0, 0.1) is 20.2 Å². The molecule has 1 aromatic carbocycles. The Morgan fingerprint density at radius 3 is 2.33 bits per heavy atom. The summed E-state index contributed by atoms with van der Waals surface area (Å²) in [4.78, 5) is 19.8. The fourth-order valence-electron chi connectivity index (χ4n) is 1.27. The molecule has 0 N–H and O–H groups in total. The molecule has 0 amide bonds. The van der Waals surface area contributed by atoms with Crippen LogP contribution < -0.4 is 4.74 Å². The van der Waals surface area contributed by atoms with Crippen molar-refractivity contribution in [3.8, 4) is 11.7 Å². The number of ether oxygens (including phenoxy) is 1. The maximum absolute atomic E-state index is 10.7. The van der Waals surface area contributed by atoms with E-state index in [2.05, 4.69) is 0 Å². The van der Waals surface area contributed by atoms with Gasteiger partial charge < -0.3 is 9.15 Å². The van der Waals surface area contributed by atoms with Gasteiger partial charge in [-0.25, -0.2) is 0 Å². The van der Waals surface area contributed by atoms with E-state index >= 15 is 0 Å². The van der Waals surface area contributed by atoms with E-state index in [4.69, 9.17) is 9.15 Å². The Bertz CT molecular complexity index is 606. The summed E-state index contributed by atoms with van der Waals surface area (Å²) >= 11 is 0. The predicted octanol–water partition coefficient (Wildman–Crippen LogP) is 2.89. The molecule has 1 heterocycles. The summed E-state index contributed by atoms with van der Waals surface area (Å²) in [7, 11) is 0. The van der Waals surface area contributed by atoms with E-state index in [0.29, 0.717) is 0 Å². The molecule has 2 aromatic rings. The molecular weight excluding hydrogens is 244 g/mol. The SMILES string of the molecule is O=[N+]([O-])c1ccc(Oc2ccccc2[N+](=O)[O-])o1. The number of hydrogen-bond donors (Lipinski definition) is 0. The van der Waals surface area contributed by atoms with Gasteiger partial charge in [-0.15, -0.1) is 0 Å². The minimum Gasteiger partial charge on any atom is -0.418 e. The number of para-hydroxylation sites is 2. The number of nitro benzene ring substituents is 1. The molecule has 2 rings (SSSR count). The summed E-state index contributed by atoms with van der Waals surface area (Å²) in [6.07, 6.45) is 0. The Hall–Kier alpha value is -2.90. The Balaban J connectivity index is 2.28. The van der Waals surface area contributed by atoms with Crippen molar-refractivity contribution in [1.82, 2.24) is 0 Å². The molecule has 0 radical (unpaired) electrons. The molecule has 18 heavy (non-hydrogen) atoms. The van der Waals surface area contributed by atoms with Crippen LogP contribution in [0.15, 0.2) is 40.8 Å². The molecule has 0 aliphatic carbocycles. The van der Waals surface area contributed by atoms with Crippen LogP contribution in [0.1, 0.15) is 0 Å². The quantitative estimate of drug-likeness (QED) is 0.609. The summed E-state index contributed by atoms with van der Waals surface area (Å²) in [6, 6.07) is 7.97. The lowest BCUT2D eigenvalue weighted by atomic mass is 10.3. The minimum absolute atomic E-state index is 0.0493. The second-order valence-corrected chi connectivity index (χ2v) is 3.18. The first-order valence-corrected chi connectivity index (χ1v) is 4.73. The van der Waals surface area contributed by atoms with Crippen LogP contribution >= 0.6 is 0 Å². The first-order valence-electron chi connectivity index (χ1n) is 4.73. The van der Waals surface area contributed by atoms with Crippen LogP contribution in [0.4, 0.5) is 11.6 Å². The highest BCUT2D eigenvalue weighted by Crippen LogP contribution is 2.32.